The number of amides is 1. The van der Waals surface area contributed by atoms with Crippen molar-refractivity contribution in [2.75, 3.05) is 19.6 Å². The highest BCUT2D eigenvalue weighted by Gasteiger charge is 2.35. The first-order chi connectivity index (χ1) is 9.95. The van der Waals surface area contributed by atoms with Crippen molar-refractivity contribution in [3.63, 3.8) is 0 Å². The minimum atomic E-state index is -3.44. The van der Waals surface area contributed by atoms with Gasteiger partial charge in [-0.15, -0.1) is 23.7 Å². The minimum Gasteiger partial charge on any atom is -0.356 e. The lowest BCUT2D eigenvalue weighted by Gasteiger charge is -2.21. The summed E-state index contributed by atoms with van der Waals surface area (Å²) >= 11 is 1.27. The molecule has 0 saturated carbocycles. The highest BCUT2D eigenvalue weighted by Crippen LogP contribution is 2.30. The highest BCUT2D eigenvalue weighted by atomic mass is 35.5. The average molecular weight is 368 g/mol. The second kappa shape index (κ2) is 8.26. The van der Waals surface area contributed by atoms with E-state index >= 15 is 0 Å². The van der Waals surface area contributed by atoms with Crippen LogP contribution in [-0.4, -0.2) is 44.3 Å². The van der Waals surface area contributed by atoms with Crippen molar-refractivity contribution in [1.82, 2.24) is 9.62 Å². The largest absolute Gasteiger partial charge is 0.356 e. The van der Waals surface area contributed by atoms with E-state index in [4.69, 9.17) is 5.73 Å². The molecule has 0 spiro atoms. The summed E-state index contributed by atoms with van der Waals surface area (Å²) in [6, 6.07) is 3.38. The smallest absolute Gasteiger partial charge is 0.252 e. The van der Waals surface area contributed by atoms with Crippen LogP contribution in [0, 0.1) is 0 Å². The number of nitrogens with zero attached hydrogens (tertiary/aromatic N) is 1. The third kappa shape index (κ3) is 4.42. The van der Waals surface area contributed by atoms with Crippen LogP contribution in [0.4, 0.5) is 0 Å². The van der Waals surface area contributed by atoms with E-state index in [9.17, 15) is 13.2 Å². The van der Waals surface area contributed by atoms with Crippen LogP contribution in [0.5, 0.6) is 0 Å². The van der Waals surface area contributed by atoms with Crippen molar-refractivity contribution in [3.8, 4) is 0 Å². The van der Waals surface area contributed by atoms with Gasteiger partial charge in [0.1, 0.15) is 4.21 Å². The maximum Gasteiger partial charge on any atom is 0.252 e. The van der Waals surface area contributed by atoms with Gasteiger partial charge in [-0.2, -0.15) is 4.31 Å². The van der Waals surface area contributed by atoms with Crippen molar-refractivity contribution < 1.29 is 13.2 Å². The molecule has 6 nitrogen and oxygen atoms in total. The molecule has 1 aliphatic rings. The van der Waals surface area contributed by atoms with E-state index in [0.29, 0.717) is 30.3 Å². The van der Waals surface area contributed by atoms with E-state index in [0.717, 1.165) is 17.7 Å². The van der Waals surface area contributed by atoms with E-state index < -0.39 is 10.0 Å². The molecule has 0 aromatic carbocycles. The van der Waals surface area contributed by atoms with Gasteiger partial charge in [-0.05, 0) is 31.4 Å². The average Bonchev–Trinajstić information content (AvgIpc) is 3.07. The van der Waals surface area contributed by atoms with Gasteiger partial charge in [0.05, 0.1) is 0 Å². The van der Waals surface area contributed by atoms with Gasteiger partial charge in [-0.1, -0.05) is 0 Å². The third-order valence-corrected chi connectivity index (χ3v) is 7.10. The first-order valence-electron chi connectivity index (χ1n) is 7.00. The number of carbonyl (C=O) groups is 1. The predicted molar refractivity (Wildman–Crippen MR) is 89.9 cm³/mol. The molecular formula is C13H22ClN3O3S2. The number of thiophene rings is 1. The van der Waals surface area contributed by atoms with Gasteiger partial charge >= 0.3 is 0 Å². The molecule has 0 aliphatic carbocycles. The number of carbonyl (C=O) groups excluding carboxylic acids is 1. The highest BCUT2D eigenvalue weighted by molar-refractivity contribution is 7.91. The zero-order valence-corrected chi connectivity index (χ0v) is 14.9. The Balaban J connectivity index is 0.00000242. The summed E-state index contributed by atoms with van der Waals surface area (Å²) in [6.45, 7) is 2.89. The topological polar surface area (TPSA) is 92.5 Å². The van der Waals surface area contributed by atoms with Gasteiger partial charge in [-0.25, -0.2) is 8.42 Å². The number of rotatable bonds is 6. The van der Waals surface area contributed by atoms with Crippen LogP contribution >= 0.6 is 23.7 Å². The zero-order chi connectivity index (χ0) is 15.5. The first kappa shape index (κ1) is 19.4. The number of hydrogen-bond donors (Lipinski definition) is 2. The normalized spacial score (nSPS) is 18.9. The summed E-state index contributed by atoms with van der Waals surface area (Å²) < 4.78 is 27.1. The summed E-state index contributed by atoms with van der Waals surface area (Å²) in [5.74, 6) is -0.0812. The summed E-state index contributed by atoms with van der Waals surface area (Å²) in [4.78, 5) is 11.8. The SMILES string of the molecule is CC(=O)NCCc1ccc(S(=O)(=O)N2CCCC2CN)s1.Cl. The monoisotopic (exact) mass is 367 g/mol. The van der Waals surface area contributed by atoms with Crippen LogP contribution in [0.25, 0.3) is 0 Å². The van der Waals surface area contributed by atoms with Crippen LogP contribution in [0.1, 0.15) is 24.6 Å². The second-order valence-electron chi connectivity index (χ2n) is 5.10. The molecule has 2 heterocycles. The molecule has 3 N–H and O–H groups in total. The molecule has 0 bridgehead atoms. The Morgan fingerprint density at radius 2 is 2.23 bits per heavy atom. The summed E-state index contributed by atoms with van der Waals surface area (Å²) in [6.07, 6.45) is 2.33. The van der Waals surface area contributed by atoms with Crippen LogP contribution in [0.2, 0.25) is 0 Å². The molecule has 1 atom stereocenters. The van der Waals surface area contributed by atoms with E-state index in [2.05, 4.69) is 5.32 Å². The molecule has 0 radical (unpaired) electrons. The maximum absolute atomic E-state index is 12.6. The summed E-state index contributed by atoms with van der Waals surface area (Å²) in [5, 5.41) is 2.70. The molecular weight excluding hydrogens is 346 g/mol. The van der Waals surface area contributed by atoms with Gasteiger partial charge in [0.15, 0.2) is 0 Å². The van der Waals surface area contributed by atoms with Crippen LogP contribution in [0.15, 0.2) is 16.3 Å². The van der Waals surface area contributed by atoms with Crippen LogP contribution in [0.3, 0.4) is 0 Å². The van der Waals surface area contributed by atoms with Crippen molar-refractivity contribution >= 4 is 39.7 Å². The minimum absolute atomic E-state index is 0. The van der Waals surface area contributed by atoms with Gasteiger partial charge < -0.3 is 11.1 Å². The predicted octanol–water partition coefficient (Wildman–Crippen LogP) is 0.960. The fourth-order valence-corrected chi connectivity index (χ4v) is 5.66. The zero-order valence-electron chi connectivity index (χ0n) is 12.4. The summed E-state index contributed by atoms with van der Waals surface area (Å²) in [7, 11) is -3.44. The van der Waals surface area contributed by atoms with Gasteiger partial charge in [0.2, 0.25) is 5.91 Å². The molecule has 1 aliphatic heterocycles. The fraction of sp³-hybridized carbons (Fsp3) is 0.615. The molecule has 1 amide bonds. The lowest BCUT2D eigenvalue weighted by molar-refractivity contribution is -0.118. The van der Waals surface area contributed by atoms with E-state index in [1.165, 1.54) is 22.6 Å². The fourth-order valence-electron chi connectivity index (χ4n) is 2.47. The number of hydrogen-bond acceptors (Lipinski definition) is 5. The van der Waals surface area contributed by atoms with Gasteiger partial charge in [0.25, 0.3) is 10.0 Å². The number of halogens is 1. The number of sulfonamides is 1. The van der Waals surface area contributed by atoms with Gasteiger partial charge in [-0.3, -0.25) is 4.79 Å². The Bertz CT molecular complexity index is 603. The Hall–Kier alpha value is -0.670. The Morgan fingerprint density at radius 3 is 2.86 bits per heavy atom. The molecule has 1 aromatic heterocycles. The quantitative estimate of drug-likeness (QED) is 0.783. The van der Waals surface area contributed by atoms with Gasteiger partial charge in [0, 0.05) is 37.5 Å². The van der Waals surface area contributed by atoms with E-state index in [-0.39, 0.29) is 24.4 Å². The molecule has 2 rings (SSSR count). The lowest BCUT2D eigenvalue weighted by Crippen LogP contribution is -2.39. The van der Waals surface area contributed by atoms with Crippen molar-refractivity contribution in [1.29, 1.82) is 0 Å². The maximum atomic E-state index is 12.6. The van der Waals surface area contributed by atoms with Crippen molar-refractivity contribution in [2.24, 2.45) is 5.73 Å². The molecule has 9 heteroatoms. The third-order valence-electron chi connectivity index (χ3n) is 3.54. The van der Waals surface area contributed by atoms with Crippen molar-refractivity contribution in [2.45, 2.75) is 36.4 Å². The Kier molecular flexibility index (Phi) is 7.27. The van der Waals surface area contributed by atoms with Crippen LogP contribution in [-0.2, 0) is 21.2 Å². The first-order valence-corrected chi connectivity index (χ1v) is 9.26. The molecule has 1 saturated heterocycles. The molecule has 1 unspecified atom stereocenters. The molecule has 22 heavy (non-hydrogen) atoms. The standard InChI is InChI=1S/C13H21N3O3S2.ClH/c1-10(17)15-7-6-12-4-5-13(20-12)21(18,19)16-8-2-3-11(16)9-14;/h4-5,11H,2-3,6-9,14H2,1H3,(H,15,17);1H. The summed E-state index contributed by atoms with van der Waals surface area (Å²) in [5.41, 5.74) is 5.66. The molecule has 1 aromatic rings. The Labute approximate surface area is 141 Å². The lowest BCUT2D eigenvalue weighted by atomic mass is 10.2. The second-order valence-corrected chi connectivity index (χ2v) is 8.39. The van der Waals surface area contributed by atoms with E-state index in [1.807, 2.05) is 6.07 Å². The van der Waals surface area contributed by atoms with Crippen molar-refractivity contribution in [3.05, 3.63) is 17.0 Å². The van der Waals surface area contributed by atoms with Crippen LogP contribution < -0.4 is 11.1 Å². The molecule has 1 fully saturated rings. The van der Waals surface area contributed by atoms with E-state index in [1.54, 1.807) is 6.07 Å². The number of nitrogens with one attached hydrogen (secondary N) is 1. The Morgan fingerprint density at radius 1 is 1.50 bits per heavy atom. The molecule has 126 valence electrons. The number of nitrogens with two attached hydrogens (primary N) is 1.